The van der Waals surface area contributed by atoms with Crippen LogP contribution in [0.2, 0.25) is 0 Å². The summed E-state index contributed by atoms with van der Waals surface area (Å²) in [4.78, 5) is 2.34. The molecule has 10 heavy (non-hydrogen) atoms. The van der Waals surface area contributed by atoms with Crippen LogP contribution in [-0.4, -0.2) is 30.8 Å². The Morgan fingerprint density at radius 1 is 1.20 bits per heavy atom. The molecule has 1 nitrogen and oxygen atoms in total. The third-order valence-electron chi connectivity index (χ3n) is 1.63. The summed E-state index contributed by atoms with van der Waals surface area (Å²) in [6.45, 7) is 4.58. The van der Waals surface area contributed by atoms with E-state index in [9.17, 15) is 0 Å². The summed E-state index contributed by atoms with van der Waals surface area (Å²) in [7, 11) is 2.16. The van der Waals surface area contributed by atoms with E-state index in [1.165, 1.54) is 25.8 Å². The van der Waals surface area contributed by atoms with E-state index in [4.69, 9.17) is 0 Å². The summed E-state index contributed by atoms with van der Waals surface area (Å²) in [5.41, 5.74) is 0. The second-order valence-corrected chi connectivity index (χ2v) is 3.18. The maximum Gasteiger partial charge on any atom is 0.00668 e. The van der Waals surface area contributed by atoms with Gasteiger partial charge in [0.2, 0.25) is 0 Å². The van der Waals surface area contributed by atoms with Gasteiger partial charge < -0.3 is 4.90 Å². The van der Waals surface area contributed by atoms with Crippen molar-refractivity contribution in [3.8, 4) is 0 Å². The number of unbranched alkanes of at least 4 members (excludes halogenated alkanes) is 2. The minimum Gasteiger partial charge on any atom is -0.306 e. The zero-order valence-corrected chi connectivity index (χ0v) is 8.03. The van der Waals surface area contributed by atoms with Crippen LogP contribution in [0.1, 0.15) is 26.2 Å². The Bertz CT molecular complexity index is 66.3. The second kappa shape index (κ2) is 7.42. The van der Waals surface area contributed by atoms with Gasteiger partial charge in [-0.25, -0.2) is 0 Å². The van der Waals surface area contributed by atoms with E-state index in [-0.39, 0.29) is 0 Å². The lowest BCUT2D eigenvalue weighted by Gasteiger charge is -2.13. The first-order chi connectivity index (χ1) is 4.81. The predicted molar refractivity (Wildman–Crippen MR) is 50.9 cm³/mol. The zero-order valence-electron chi connectivity index (χ0n) is 7.14. The van der Waals surface area contributed by atoms with Crippen molar-refractivity contribution in [1.82, 2.24) is 4.90 Å². The van der Waals surface area contributed by atoms with Crippen LogP contribution in [0.4, 0.5) is 0 Å². The summed E-state index contributed by atoms with van der Waals surface area (Å²) >= 11 is 4.16. The SMILES string of the molecule is CCCCCN(C)CCS. The molecule has 0 saturated heterocycles. The summed E-state index contributed by atoms with van der Waals surface area (Å²) in [6, 6.07) is 0. The van der Waals surface area contributed by atoms with Gasteiger partial charge in [0, 0.05) is 12.3 Å². The zero-order chi connectivity index (χ0) is 7.82. The minimum atomic E-state index is 0.975. The molecule has 0 aliphatic carbocycles. The van der Waals surface area contributed by atoms with E-state index in [0.29, 0.717) is 0 Å². The number of hydrogen-bond donors (Lipinski definition) is 1. The van der Waals surface area contributed by atoms with Crippen LogP contribution < -0.4 is 0 Å². The van der Waals surface area contributed by atoms with E-state index in [1.54, 1.807) is 0 Å². The van der Waals surface area contributed by atoms with E-state index in [2.05, 4.69) is 31.5 Å². The molecule has 62 valence electrons. The van der Waals surface area contributed by atoms with Crippen molar-refractivity contribution >= 4 is 12.6 Å². The van der Waals surface area contributed by atoms with Gasteiger partial charge in [-0.05, 0) is 20.0 Å². The Morgan fingerprint density at radius 2 is 1.90 bits per heavy atom. The standard InChI is InChI=1S/C8H19NS/c1-3-4-5-6-9(2)7-8-10/h10H,3-8H2,1-2H3. The molecule has 0 radical (unpaired) electrons. The summed E-state index contributed by atoms with van der Waals surface area (Å²) in [5.74, 6) is 0.975. The predicted octanol–water partition coefficient (Wildman–Crippen LogP) is 2.04. The molecule has 0 N–H and O–H groups in total. The Hall–Kier alpha value is 0.310. The largest absolute Gasteiger partial charge is 0.306 e. The molecule has 2 heteroatoms. The first-order valence-electron chi connectivity index (χ1n) is 4.10. The van der Waals surface area contributed by atoms with Gasteiger partial charge in [-0.3, -0.25) is 0 Å². The highest BCUT2D eigenvalue weighted by Gasteiger charge is 1.93. The first kappa shape index (κ1) is 10.3. The molecule has 0 heterocycles. The van der Waals surface area contributed by atoms with Gasteiger partial charge in [0.15, 0.2) is 0 Å². The van der Waals surface area contributed by atoms with Gasteiger partial charge in [-0.15, -0.1) is 0 Å². The second-order valence-electron chi connectivity index (χ2n) is 2.73. The van der Waals surface area contributed by atoms with Crippen LogP contribution in [0.25, 0.3) is 0 Å². The van der Waals surface area contributed by atoms with Crippen molar-refractivity contribution < 1.29 is 0 Å². The molecule has 0 aliphatic rings. The Balaban J connectivity index is 2.97. The van der Waals surface area contributed by atoms with Gasteiger partial charge in [0.25, 0.3) is 0 Å². The molecule has 0 aliphatic heterocycles. The molecule has 0 aromatic heterocycles. The van der Waals surface area contributed by atoms with Crippen molar-refractivity contribution in [2.24, 2.45) is 0 Å². The fraction of sp³-hybridized carbons (Fsp3) is 1.00. The van der Waals surface area contributed by atoms with Gasteiger partial charge in [-0.1, -0.05) is 19.8 Å². The average molecular weight is 161 g/mol. The fourth-order valence-electron chi connectivity index (χ4n) is 0.914. The molecular formula is C8H19NS. The van der Waals surface area contributed by atoms with Crippen LogP contribution >= 0.6 is 12.6 Å². The minimum absolute atomic E-state index is 0.975. The average Bonchev–Trinajstić information content (AvgIpc) is 1.89. The molecule has 0 spiro atoms. The smallest absolute Gasteiger partial charge is 0.00668 e. The third kappa shape index (κ3) is 6.43. The molecule has 0 unspecified atom stereocenters. The highest BCUT2D eigenvalue weighted by Crippen LogP contribution is 1.95. The van der Waals surface area contributed by atoms with Crippen LogP contribution in [-0.2, 0) is 0 Å². The molecule has 0 bridgehead atoms. The summed E-state index contributed by atoms with van der Waals surface area (Å²) < 4.78 is 0. The highest BCUT2D eigenvalue weighted by atomic mass is 32.1. The van der Waals surface area contributed by atoms with E-state index in [1.807, 2.05) is 0 Å². The topological polar surface area (TPSA) is 3.24 Å². The number of nitrogens with zero attached hydrogens (tertiary/aromatic N) is 1. The van der Waals surface area contributed by atoms with Gasteiger partial charge in [0.05, 0.1) is 0 Å². The van der Waals surface area contributed by atoms with Crippen LogP contribution in [0.5, 0.6) is 0 Å². The third-order valence-corrected chi connectivity index (χ3v) is 1.83. The van der Waals surface area contributed by atoms with E-state index in [0.717, 1.165) is 12.3 Å². The Labute approximate surface area is 70.2 Å². The van der Waals surface area contributed by atoms with Crippen LogP contribution in [0, 0.1) is 0 Å². The molecule has 0 rings (SSSR count). The normalized spacial score (nSPS) is 10.8. The summed E-state index contributed by atoms with van der Waals surface area (Å²) in [5, 5.41) is 0. The molecular weight excluding hydrogens is 142 g/mol. The molecule has 0 fully saturated rings. The molecule has 0 amide bonds. The van der Waals surface area contributed by atoms with Crippen molar-refractivity contribution in [3.63, 3.8) is 0 Å². The van der Waals surface area contributed by atoms with Crippen LogP contribution in [0.3, 0.4) is 0 Å². The Morgan fingerprint density at radius 3 is 2.40 bits per heavy atom. The number of thiol groups is 1. The van der Waals surface area contributed by atoms with Crippen LogP contribution in [0.15, 0.2) is 0 Å². The van der Waals surface area contributed by atoms with Crippen molar-refractivity contribution in [2.45, 2.75) is 26.2 Å². The maximum absolute atomic E-state index is 4.16. The van der Waals surface area contributed by atoms with Gasteiger partial charge in [-0.2, -0.15) is 12.6 Å². The molecule has 0 aromatic carbocycles. The lowest BCUT2D eigenvalue weighted by atomic mass is 10.2. The lowest BCUT2D eigenvalue weighted by molar-refractivity contribution is 0.345. The maximum atomic E-state index is 4.16. The molecule has 0 saturated carbocycles. The van der Waals surface area contributed by atoms with Gasteiger partial charge >= 0.3 is 0 Å². The van der Waals surface area contributed by atoms with E-state index >= 15 is 0 Å². The monoisotopic (exact) mass is 161 g/mol. The Kier molecular flexibility index (Phi) is 7.65. The highest BCUT2D eigenvalue weighted by molar-refractivity contribution is 7.80. The quantitative estimate of drug-likeness (QED) is 0.461. The van der Waals surface area contributed by atoms with E-state index < -0.39 is 0 Å². The van der Waals surface area contributed by atoms with Crippen molar-refractivity contribution in [2.75, 3.05) is 25.9 Å². The molecule has 0 aromatic rings. The van der Waals surface area contributed by atoms with Crippen molar-refractivity contribution in [3.05, 3.63) is 0 Å². The van der Waals surface area contributed by atoms with Gasteiger partial charge in [0.1, 0.15) is 0 Å². The summed E-state index contributed by atoms with van der Waals surface area (Å²) in [6.07, 6.45) is 4.01. The number of hydrogen-bond acceptors (Lipinski definition) is 2. The first-order valence-corrected chi connectivity index (χ1v) is 4.74. The van der Waals surface area contributed by atoms with Crippen molar-refractivity contribution in [1.29, 1.82) is 0 Å². The lowest BCUT2D eigenvalue weighted by Crippen LogP contribution is -2.21. The molecule has 0 atom stereocenters. The number of rotatable bonds is 6. The fourth-order valence-corrected chi connectivity index (χ4v) is 1.26.